The first-order chi connectivity index (χ1) is 10.5. The van der Waals surface area contributed by atoms with Crippen LogP contribution in [-0.2, 0) is 9.59 Å². The third-order valence-corrected chi connectivity index (χ3v) is 3.25. The normalized spacial score (nSPS) is 10.6. The summed E-state index contributed by atoms with van der Waals surface area (Å²) in [5.41, 5.74) is 6.13. The number of nitriles is 1. The molecule has 1 heterocycles. The lowest BCUT2D eigenvalue weighted by atomic mass is 10.1. The molecule has 1 atom stereocenters. The molecule has 7 nitrogen and oxygen atoms in total. The maximum Gasteiger partial charge on any atom is 0.327 e. The first-order valence-corrected chi connectivity index (χ1v) is 6.83. The summed E-state index contributed by atoms with van der Waals surface area (Å²) in [7, 11) is 1.55. The van der Waals surface area contributed by atoms with Crippen molar-refractivity contribution in [2.24, 2.45) is 5.73 Å². The fourth-order valence-corrected chi connectivity index (χ4v) is 1.99. The number of rotatable bonds is 4. The van der Waals surface area contributed by atoms with Crippen LogP contribution in [0.3, 0.4) is 0 Å². The molecule has 1 aromatic heterocycles. The predicted molar refractivity (Wildman–Crippen MR) is 80.5 cm³/mol. The summed E-state index contributed by atoms with van der Waals surface area (Å²) >= 11 is 1.55. The van der Waals surface area contributed by atoms with Crippen LogP contribution in [-0.4, -0.2) is 35.5 Å². The Kier molecular flexibility index (Phi) is 6.69. The first kappa shape index (κ1) is 17.3. The molecule has 114 valence electrons. The van der Waals surface area contributed by atoms with Crippen molar-refractivity contribution < 1.29 is 19.4 Å². The molecule has 2 rings (SSSR count). The average Bonchev–Trinajstić information content (AvgIpc) is 3.08. The number of thiazole rings is 1. The van der Waals surface area contributed by atoms with Gasteiger partial charge in [-0.2, -0.15) is 5.26 Å². The minimum absolute atomic E-state index is 0.169. The van der Waals surface area contributed by atoms with E-state index >= 15 is 0 Å². The summed E-state index contributed by atoms with van der Waals surface area (Å²) in [4.78, 5) is 23.2. The second-order valence-electron chi connectivity index (χ2n) is 3.86. The van der Waals surface area contributed by atoms with Crippen molar-refractivity contribution in [3.8, 4) is 22.4 Å². The van der Waals surface area contributed by atoms with Gasteiger partial charge in [0, 0.05) is 17.1 Å². The number of hydrogen-bond acceptors (Lipinski definition) is 7. The second kappa shape index (κ2) is 8.51. The van der Waals surface area contributed by atoms with Gasteiger partial charge >= 0.3 is 5.97 Å². The lowest BCUT2D eigenvalue weighted by Gasteiger charge is -2.03. The van der Waals surface area contributed by atoms with Gasteiger partial charge in [-0.05, 0) is 18.2 Å². The number of hydrogen-bond donors (Lipinski definition) is 2. The summed E-state index contributed by atoms with van der Waals surface area (Å²) in [6.07, 6.45) is 1.92. The van der Waals surface area contributed by atoms with Crippen LogP contribution in [0.15, 0.2) is 29.8 Å². The van der Waals surface area contributed by atoms with Gasteiger partial charge in [0.25, 0.3) is 0 Å². The van der Waals surface area contributed by atoms with Gasteiger partial charge in [0.05, 0.1) is 12.7 Å². The number of carbonyl (C=O) groups excluding carboxylic acids is 1. The summed E-state index contributed by atoms with van der Waals surface area (Å²) in [5.74, 6) is -0.701. The Balaban J connectivity index is 0.000000295. The molecule has 0 bridgehead atoms. The summed E-state index contributed by atoms with van der Waals surface area (Å²) in [6, 6.07) is 6.22. The minimum Gasteiger partial charge on any atom is -0.495 e. The number of nitrogens with zero attached hydrogens (tertiary/aromatic N) is 2. The van der Waals surface area contributed by atoms with Crippen molar-refractivity contribution in [2.75, 3.05) is 7.11 Å². The molecule has 0 fully saturated rings. The zero-order valence-corrected chi connectivity index (χ0v) is 12.4. The van der Waals surface area contributed by atoms with Crippen molar-refractivity contribution >= 4 is 23.6 Å². The van der Waals surface area contributed by atoms with Crippen molar-refractivity contribution in [1.82, 2.24) is 4.98 Å². The lowest BCUT2D eigenvalue weighted by molar-refractivity contribution is -0.139. The van der Waals surface area contributed by atoms with Gasteiger partial charge in [0.2, 0.25) is 0 Å². The molecule has 2 aromatic rings. The van der Waals surface area contributed by atoms with Crippen molar-refractivity contribution in [1.29, 1.82) is 5.26 Å². The molecule has 0 spiro atoms. The number of methoxy groups -OCH3 is 1. The second-order valence-corrected chi connectivity index (χ2v) is 4.76. The van der Waals surface area contributed by atoms with Crippen LogP contribution in [0, 0.1) is 11.3 Å². The monoisotopic (exact) mass is 319 g/mol. The number of aliphatic carboxylic acids is 1. The maximum absolute atomic E-state index is 9.57. The smallest absolute Gasteiger partial charge is 0.327 e. The lowest BCUT2D eigenvalue weighted by Crippen LogP contribution is -2.31. The number of carboxylic acids is 1. The molecule has 0 radical (unpaired) electrons. The highest BCUT2D eigenvalue weighted by atomic mass is 32.1. The fourth-order valence-electron chi connectivity index (χ4n) is 1.35. The van der Waals surface area contributed by atoms with E-state index in [1.807, 2.05) is 11.4 Å². The van der Waals surface area contributed by atoms with E-state index in [1.54, 1.807) is 36.8 Å². The van der Waals surface area contributed by atoms with Crippen LogP contribution >= 0.6 is 11.3 Å². The third kappa shape index (κ3) is 4.66. The van der Waals surface area contributed by atoms with Gasteiger partial charge in [-0.25, -0.2) is 4.98 Å². The molecule has 0 amide bonds. The first-order valence-electron chi connectivity index (χ1n) is 5.95. The number of nitrogens with two attached hydrogens (primary N) is 1. The van der Waals surface area contributed by atoms with Gasteiger partial charge in [-0.3, -0.25) is 4.79 Å². The third-order valence-electron chi connectivity index (χ3n) is 2.43. The predicted octanol–water partition coefficient (Wildman–Crippen LogP) is 1.29. The molecule has 1 unspecified atom stereocenters. The SMILES string of the molecule is COc1ccc(-c2nccs2)cc1C#N.NC(C=O)C(=O)O. The van der Waals surface area contributed by atoms with Crippen LogP contribution in [0.1, 0.15) is 5.56 Å². The zero-order valence-electron chi connectivity index (χ0n) is 11.6. The number of ether oxygens (including phenoxy) is 1. The average molecular weight is 319 g/mol. The van der Waals surface area contributed by atoms with E-state index in [4.69, 9.17) is 15.1 Å². The number of carboxylic acid groups (broad SMARTS) is 1. The summed E-state index contributed by atoms with van der Waals surface area (Å²) in [5, 5.41) is 19.6. The van der Waals surface area contributed by atoms with Gasteiger partial charge in [-0.15, -0.1) is 11.3 Å². The van der Waals surface area contributed by atoms with E-state index in [2.05, 4.69) is 16.8 Å². The van der Waals surface area contributed by atoms with Crippen molar-refractivity contribution in [3.63, 3.8) is 0 Å². The molecule has 0 aliphatic heterocycles. The highest BCUT2D eigenvalue weighted by Crippen LogP contribution is 2.27. The molecule has 0 saturated carbocycles. The number of aldehydes is 1. The van der Waals surface area contributed by atoms with Crippen LogP contribution in [0.4, 0.5) is 0 Å². The summed E-state index contributed by atoms with van der Waals surface area (Å²) < 4.78 is 5.07. The Hall–Kier alpha value is -2.76. The molecule has 3 N–H and O–H groups in total. The minimum atomic E-state index is -1.36. The highest BCUT2D eigenvalue weighted by Gasteiger charge is 2.07. The summed E-state index contributed by atoms with van der Waals surface area (Å²) in [6.45, 7) is 0. The Bertz CT molecular complexity index is 680. The van der Waals surface area contributed by atoms with E-state index in [1.165, 1.54) is 0 Å². The number of benzene rings is 1. The Morgan fingerprint density at radius 3 is 2.73 bits per heavy atom. The molecule has 0 aliphatic rings. The van der Waals surface area contributed by atoms with Crippen molar-refractivity contribution in [2.45, 2.75) is 6.04 Å². The van der Waals surface area contributed by atoms with Crippen molar-refractivity contribution in [3.05, 3.63) is 35.3 Å². The molecule has 1 aromatic carbocycles. The quantitative estimate of drug-likeness (QED) is 0.642. The molecular formula is C14H13N3O4S. The van der Waals surface area contributed by atoms with Crippen LogP contribution < -0.4 is 10.5 Å². The Labute approximate surface area is 130 Å². The van der Waals surface area contributed by atoms with Crippen LogP contribution in [0.5, 0.6) is 5.75 Å². The van der Waals surface area contributed by atoms with E-state index < -0.39 is 12.0 Å². The highest BCUT2D eigenvalue weighted by molar-refractivity contribution is 7.13. The van der Waals surface area contributed by atoms with Gasteiger partial charge in [0.15, 0.2) is 6.04 Å². The maximum atomic E-state index is 9.57. The molecule has 0 aliphatic carbocycles. The van der Waals surface area contributed by atoms with E-state index in [0.717, 1.165) is 10.6 Å². The molecular weight excluding hydrogens is 306 g/mol. The van der Waals surface area contributed by atoms with E-state index in [0.29, 0.717) is 11.3 Å². The topological polar surface area (TPSA) is 126 Å². The molecule has 0 saturated heterocycles. The fraction of sp³-hybridized carbons (Fsp3) is 0.143. The van der Waals surface area contributed by atoms with Crippen LogP contribution in [0.25, 0.3) is 10.6 Å². The van der Waals surface area contributed by atoms with Gasteiger partial charge < -0.3 is 20.4 Å². The molecule has 8 heteroatoms. The van der Waals surface area contributed by atoms with E-state index in [-0.39, 0.29) is 6.29 Å². The van der Waals surface area contributed by atoms with Gasteiger partial charge in [-0.1, -0.05) is 0 Å². The largest absolute Gasteiger partial charge is 0.495 e. The number of carbonyl (C=O) groups is 2. The van der Waals surface area contributed by atoms with Crippen LogP contribution in [0.2, 0.25) is 0 Å². The Morgan fingerprint density at radius 2 is 2.32 bits per heavy atom. The standard InChI is InChI=1S/C11H8N2OS.C3H5NO3/c1-14-10-3-2-8(6-9(10)7-12)11-13-4-5-15-11;4-2(1-5)3(6)7/h2-6H,1H3;1-2H,4H2,(H,6,7). The van der Waals surface area contributed by atoms with E-state index in [9.17, 15) is 9.59 Å². The molecule has 22 heavy (non-hydrogen) atoms. The zero-order chi connectivity index (χ0) is 16.5. The number of aromatic nitrogens is 1. The van der Waals surface area contributed by atoms with Gasteiger partial charge in [0.1, 0.15) is 23.1 Å². The Morgan fingerprint density at radius 1 is 1.59 bits per heavy atom.